The molecule has 0 aliphatic heterocycles. The Morgan fingerprint density at radius 1 is 1.75 bits per heavy atom. The van der Waals surface area contributed by atoms with Crippen LogP contribution >= 0.6 is 38.5 Å². The summed E-state index contributed by atoms with van der Waals surface area (Å²) >= 11 is 4.60. The molecule has 0 fully saturated rings. The third-order valence-electron chi connectivity index (χ3n) is 1.12. The largest absolute Gasteiger partial charge is 0.478 e. The summed E-state index contributed by atoms with van der Waals surface area (Å²) in [5.74, 6) is -1.83. The molecule has 12 heavy (non-hydrogen) atoms. The van der Waals surface area contributed by atoms with Gasteiger partial charge in [-0.3, -0.25) is 0 Å². The van der Waals surface area contributed by atoms with Crippen molar-refractivity contribution >= 4 is 44.5 Å². The van der Waals surface area contributed by atoms with Gasteiger partial charge in [0, 0.05) is 0 Å². The molecule has 0 bridgehead atoms. The molecule has 0 atom stereocenters. The molecule has 1 heterocycles. The fraction of sp³-hybridized carbons (Fsp3) is 0. The quantitative estimate of drug-likeness (QED) is 0.627. The molecule has 3 nitrogen and oxygen atoms in total. The van der Waals surface area contributed by atoms with E-state index in [1.807, 2.05) is 0 Å². The van der Waals surface area contributed by atoms with E-state index in [9.17, 15) is 9.18 Å². The van der Waals surface area contributed by atoms with Crippen LogP contribution in [0, 0.1) is 9.52 Å². The Morgan fingerprint density at radius 3 is 2.83 bits per heavy atom. The number of hydrogen-bond donors (Lipinski definition) is 1. The van der Waals surface area contributed by atoms with Crippen molar-refractivity contribution in [3.05, 3.63) is 25.8 Å². The smallest absolute Gasteiger partial charge is 0.338 e. The van der Waals surface area contributed by atoms with E-state index in [0.29, 0.717) is 0 Å². The lowest BCUT2D eigenvalue weighted by atomic mass is 10.3. The number of halogens is 3. The summed E-state index contributed by atoms with van der Waals surface area (Å²) in [5, 5.41) is 8.54. The minimum Gasteiger partial charge on any atom is -0.478 e. The predicted molar refractivity (Wildman–Crippen MR) is 51.6 cm³/mol. The molecule has 64 valence electrons. The third-order valence-corrected chi connectivity index (χ3v) is 2.48. The van der Waals surface area contributed by atoms with Gasteiger partial charge in [-0.25, -0.2) is 14.2 Å². The highest BCUT2D eigenvalue weighted by Crippen LogP contribution is 2.18. The average molecular weight is 346 g/mol. The molecule has 0 aliphatic rings. The first-order chi connectivity index (χ1) is 5.52. The van der Waals surface area contributed by atoms with Crippen LogP contribution in [0.4, 0.5) is 4.39 Å². The summed E-state index contributed by atoms with van der Waals surface area (Å²) in [6, 6.07) is 0.932. The van der Waals surface area contributed by atoms with Crippen LogP contribution in [0.2, 0.25) is 0 Å². The number of nitrogens with zero attached hydrogens (tertiary/aromatic N) is 1. The Balaban J connectivity index is 3.33. The van der Waals surface area contributed by atoms with E-state index >= 15 is 0 Å². The van der Waals surface area contributed by atoms with E-state index in [4.69, 9.17) is 5.11 Å². The lowest BCUT2D eigenvalue weighted by molar-refractivity contribution is 0.0694. The third kappa shape index (κ3) is 1.92. The minimum atomic E-state index is -1.20. The highest BCUT2D eigenvalue weighted by atomic mass is 127. The Morgan fingerprint density at radius 2 is 2.33 bits per heavy atom. The van der Waals surface area contributed by atoms with Crippen molar-refractivity contribution in [2.24, 2.45) is 0 Å². The number of aromatic carboxylic acids is 1. The molecule has 0 spiro atoms. The van der Waals surface area contributed by atoms with Gasteiger partial charge in [-0.05, 0) is 44.6 Å². The Hall–Kier alpha value is -0.240. The van der Waals surface area contributed by atoms with Gasteiger partial charge in [0.25, 0.3) is 0 Å². The molecular weight excluding hydrogens is 344 g/mol. The van der Waals surface area contributed by atoms with Gasteiger partial charge in [0.15, 0.2) is 5.82 Å². The second-order valence-electron chi connectivity index (χ2n) is 1.90. The first kappa shape index (κ1) is 9.85. The standard InChI is InChI=1S/C6H2BrFINO2/c7-4-2(6(11)12)1-3(8)5(9)10-4/h1H,(H,11,12). The summed E-state index contributed by atoms with van der Waals surface area (Å²) < 4.78 is 13.0. The molecule has 1 aromatic heterocycles. The minimum absolute atomic E-state index is 0.140. The van der Waals surface area contributed by atoms with Crippen molar-refractivity contribution in [3.8, 4) is 0 Å². The molecule has 0 saturated heterocycles. The van der Waals surface area contributed by atoms with Gasteiger partial charge in [0.2, 0.25) is 0 Å². The van der Waals surface area contributed by atoms with Gasteiger partial charge < -0.3 is 5.11 Å². The number of hydrogen-bond acceptors (Lipinski definition) is 2. The molecule has 0 radical (unpaired) electrons. The van der Waals surface area contributed by atoms with Crippen LogP contribution in [0.1, 0.15) is 10.4 Å². The van der Waals surface area contributed by atoms with E-state index in [2.05, 4.69) is 20.9 Å². The molecular formula is C6H2BrFINO2. The number of pyridine rings is 1. The van der Waals surface area contributed by atoms with Gasteiger partial charge >= 0.3 is 5.97 Å². The van der Waals surface area contributed by atoms with Crippen LogP contribution < -0.4 is 0 Å². The van der Waals surface area contributed by atoms with Gasteiger partial charge in [-0.15, -0.1) is 0 Å². The maximum absolute atomic E-state index is 12.8. The summed E-state index contributed by atoms with van der Waals surface area (Å²) in [7, 11) is 0. The molecule has 6 heteroatoms. The van der Waals surface area contributed by atoms with Crippen molar-refractivity contribution in [1.82, 2.24) is 4.98 Å². The lowest BCUT2D eigenvalue weighted by Crippen LogP contribution is -2.02. The second-order valence-corrected chi connectivity index (χ2v) is 3.68. The molecule has 1 N–H and O–H groups in total. The zero-order valence-corrected chi connectivity index (χ0v) is 9.26. The molecule has 0 amide bonds. The zero-order valence-electron chi connectivity index (χ0n) is 5.51. The normalized spacial score (nSPS) is 9.92. The fourth-order valence-electron chi connectivity index (χ4n) is 0.596. The number of aromatic nitrogens is 1. The lowest BCUT2D eigenvalue weighted by Gasteiger charge is -1.99. The Bertz CT molecular complexity index is 345. The van der Waals surface area contributed by atoms with E-state index in [-0.39, 0.29) is 13.9 Å². The summed E-state index contributed by atoms with van der Waals surface area (Å²) in [4.78, 5) is 14.1. The van der Waals surface area contributed by atoms with Crippen molar-refractivity contribution in [2.75, 3.05) is 0 Å². The number of rotatable bonds is 1. The first-order valence-corrected chi connectivity index (χ1v) is 4.64. The van der Waals surface area contributed by atoms with Gasteiger partial charge in [-0.1, -0.05) is 0 Å². The van der Waals surface area contributed by atoms with Crippen LogP contribution in [0.5, 0.6) is 0 Å². The Labute approximate surface area is 89.3 Å². The summed E-state index contributed by atoms with van der Waals surface area (Å²) in [6.07, 6.45) is 0. The van der Waals surface area contributed by atoms with E-state index in [0.717, 1.165) is 6.07 Å². The van der Waals surface area contributed by atoms with E-state index < -0.39 is 11.8 Å². The molecule has 0 aliphatic carbocycles. The van der Waals surface area contributed by atoms with Crippen LogP contribution in [-0.2, 0) is 0 Å². The zero-order chi connectivity index (χ0) is 9.30. The second kappa shape index (κ2) is 3.65. The van der Waals surface area contributed by atoms with Crippen molar-refractivity contribution < 1.29 is 14.3 Å². The number of carboxylic acids is 1. The van der Waals surface area contributed by atoms with Crippen molar-refractivity contribution in [3.63, 3.8) is 0 Å². The Kier molecular flexibility index (Phi) is 2.99. The van der Waals surface area contributed by atoms with Crippen LogP contribution in [-0.4, -0.2) is 16.1 Å². The first-order valence-electron chi connectivity index (χ1n) is 2.77. The molecule has 1 rings (SSSR count). The summed E-state index contributed by atoms with van der Waals surface area (Å²) in [5.41, 5.74) is -0.173. The predicted octanol–water partition coefficient (Wildman–Crippen LogP) is 2.29. The van der Waals surface area contributed by atoms with Crippen LogP contribution in [0.15, 0.2) is 10.7 Å². The maximum Gasteiger partial charge on any atom is 0.338 e. The van der Waals surface area contributed by atoms with Gasteiger partial charge in [-0.2, -0.15) is 0 Å². The topological polar surface area (TPSA) is 50.2 Å². The molecule has 1 aromatic rings. The number of carbonyl (C=O) groups is 1. The molecule has 0 aromatic carbocycles. The molecule has 0 saturated carbocycles. The van der Waals surface area contributed by atoms with Crippen LogP contribution in [0.25, 0.3) is 0 Å². The highest BCUT2D eigenvalue weighted by Gasteiger charge is 2.13. The fourth-order valence-corrected chi connectivity index (χ4v) is 1.79. The monoisotopic (exact) mass is 345 g/mol. The highest BCUT2D eigenvalue weighted by molar-refractivity contribution is 14.1. The van der Waals surface area contributed by atoms with E-state index in [1.54, 1.807) is 22.6 Å². The summed E-state index contributed by atoms with van der Waals surface area (Å²) in [6.45, 7) is 0. The average Bonchev–Trinajstić information content (AvgIpc) is 1.96. The van der Waals surface area contributed by atoms with Gasteiger partial charge in [0.1, 0.15) is 8.30 Å². The van der Waals surface area contributed by atoms with Crippen molar-refractivity contribution in [2.45, 2.75) is 0 Å². The van der Waals surface area contributed by atoms with Crippen LogP contribution in [0.3, 0.4) is 0 Å². The van der Waals surface area contributed by atoms with Crippen molar-refractivity contribution in [1.29, 1.82) is 0 Å². The van der Waals surface area contributed by atoms with Gasteiger partial charge in [0.05, 0.1) is 5.56 Å². The number of carboxylic acid groups (broad SMARTS) is 1. The SMILES string of the molecule is O=C(O)c1cc(F)c(I)nc1Br. The maximum atomic E-state index is 12.8. The molecule has 0 unspecified atom stereocenters. The van der Waals surface area contributed by atoms with E-state index in [1.165, 1.54) is 0 Å².